The molecule has 0 aromatic heterocycles. The van der Waals surface area contributed by atoms with Gasteiger partial charge in [-0.1, -0.05) is 12.1 Å². The molecule has 4 nitrogen and oxygen atoms in total. The highest BCUT2D eigenvalue weighted by atomic mass is 32.2. The normalized spacial score (nSPS) is 16.1. The molecule has 0 saturated carbocycles. The molecule has 1 rings (SSSR count). The smallest absolute Gasteiger partial charge is 0.388 e. The number of hydrogen-bond donors (Lipinski definition) is 1. The first-order chi connectivity index (χ1) is 9.58. The summed E-state index contributed by atoms with van der Waals surface area (Å²) in [6.45, 7) is -0.733. The third kappa shape index (κ3) is 4.78. The van der Waals surface area contributed by atoms with E-state index in [0.29, 0.717) is 5.56 Å². The molecule has 1 unspecified atom stereocenters. The molecule has 0 bridgehead atoms. The second-order valence-corrected chi connectivity index (χ2v) is 6.52. The molecule has 0 heterocycles. The number of carbonyl (C=O) groups excluding carboxylic acids is 1. The molecule has 9 heteroatoms. The first-order valence-electron chi connectivity index (χ1n) is 5.75. The Morgan fingerprint density at radius 1 is 1.33 bits per heavy atom. The lowest BCUT2D eigenvalue weighted by atomic mass is 10.1. The van der Waals surface area contributed by atoms with Crippen molar-refractivity contribution in [2.75, 3.05) is 12.9 Å². The van der Waals surface area contributed by atoms with E-state index in [4.69, 9.17) is 0 Å². The fraction of sp³-hybridized carbons (Fsp3) is 0.417. The summed E-state index contributed by atoms with van der Waals surface area (Å²) in [7, 11) is -3.55. The second kappa shape index (κ2) is 6.52. The van der Waals surface area contributed by atoms with Crippen molar-refractivity contribution in [3.63, 3.8) is 0 Å². The molecule has 0 aliphatic heterocycles. The van der Waals surface area contributed by atoms with E-state index < -0.39 is 34.6 Å². The quantitative estimate of drug-likeness (QED) is 0.865. The monoisotopic (exact) mass is 327 g/mol. The third-order valence-corrected chi connectivity index (χ3v) is 4.25. The predicted octanol–water partition coefficient (Wildman–Crippen LogP) is 2.63. The van der Waals surface area contributed by atoms with Gasteiger partial charge in [0.05, 0.1) is 22.5 Å². The van der Waals surface area contributed by atoms with Crippen LogP contribution in [0.2, 0.25) is 0 Å². The van der Waals surface area contributed by atoms with Crippen LogP contribution < -0.4 is 0 Å². The molecule has 118 valence electrons. The van der Waals surface area contributed by atoms with Gasteiger partial charge < -0.3 is 5.11 Å². The standard InChI is InChI=1S/C12H13F4NO3S/c1-21(20,17-11(19)12(14,15)16)9-4-2-8(3-5-9)10(18)6-7-13/h2-5,10,18H,6-7H2,1H3/t10-,21?/m0/s1. The summed E-state index contributed by atoms with van der Waals surface area (Å²) < 4.78 is 63.2. The van der Waals surface area contributed by atoms with Gasteiger partial charge in [0.2, 0.25) is 0 Å². The molecule has 2 atom stereocenters. The zero-order valence-corrected chi connectivity index (χ0v) is 11.7. The minimum Gasteiger partial charge on any atom is -0.388 e. The van der Waals surface area contributed by atoms with Crippen LogP contribution in [0.25, 0.3) is 0 Å². The van der Waals surface area contributed by atoms with Gasteiger partial charge in [0.25, 0.3) is 0 Å². The predicted molar refractivity (Wildman–Crippen MR) is 67.8 cm³/mol. The molecule has 0 aliphatic carbocycles. The van der Waals surface area contributed by atoms with Crippen molar-refractivity contribution in [3.05, 3.63) is 29.8 Å². The Hall–Kier alpha value is -1.48. The largest absolute Gasteiger partial charge is 0.474 e. The van der Waals surface area contributed by atoms with E-state index in [1.54, 1.807) is 0 Å². The molecule has 1 amide bonds. The number of alkyl halides is 4. The Labute approximate surface area is 119 Å². The van der Waals surface area contributed by atoms with Crippen LogP contribution in [0.5, 0.6) is 0 Å². The molecule has 0 spiro atoms. The lowest BCUT2D eigenvalue weighted by molar-refractivity contribution is -0.169. The average Bonchev–Trinajstić information content (AvgIpc) is 2.37. The number of halogens is 4. The molecule has 0 saturated heterocycles. The van der Waals surface area contributed by atoms with E-state index in [2.05, 4.69) is 4.36 Å². The van der Waals surface area contributed by atoms with Gasteiger partial charge >= 0.3 is 12.1 Å². The maximum absolute atomic E-state index is 12.1. The number of hydrogen-bond acceptors (Lipinski definition) is 3. The minimum absolute atomic E-state index is 0.0868. The SMILES string of the molecule is CS(=O)(=NC(=O)C(F)(F)F)c1ccc([C@@H](O)CCF)cc1. The van der Waals surface area contributed by atoms with Crippen LogP contribution in [0.15, 0.2) is 33.5 Å². The van der Waals surface area contributed by atoms with Crippen LogP contribution in [-0.2, 0) is 14.5 Å². The average molecular weight is 327 g/mol. The third-order valence-electron chi connectivity index (χ3n) is 2.58. The number of aliphatic hydroxyl groups excluding tert-OH is 1. The summed E-state index contributed by atoms with van der Waals surface area (Å²) in [4.78, 5) is 10.7. The highest BCUT2D eigenvalue weighted by Gasteiger charge is 2.39. The number of aliphatic hydroxyl groups is 1. The molecule has 21 heavy (non-hydrogen) atoms. The lowest BCUT2D eigenvalue weighted by Gasteiger charge is -2.10. The zero-order chi connectivity index (χ0) is 16.3. The van der Waals surface area contributed by atoms with Crippen molar-refractivity contribution in [2.24, 2.45) is 4.36 Å². The van der Waals surface area contributed by atoms with Gasteiger partial charge in [0.15, 0.2) is 0 Å². The van der Waals surface area contributed by atoms with Crippen LogP contribution in [-0.4, -0.2) is 34.3 Å². The van der Waals surface area contributed by atoms with Crippen LogP contribution in [0.4, 0.5) is 17.6 Å². The maximum atomic E-state index is 12.1. The first-order valence-corrected chi connectivity index (χ1v) is 7.67. The topological polar surface area (TPSA) is 66.7 Å². The van der Waals surface area contributed by atoms with E-state index >= 15 is 0 Å². The second-order valence-electron chi connectivity index (χ2n) is 4.26. The van der Waals surface area contributed by atoms with Gasteiger partial charge in [0.1, 0.15) is 0 Å². The maximum Gasteiger partial charge on any atom is 0.474 e. The van der Waals surface area contributed by atoms with Crippen molar-refractivity contribution < 1.29 is 31.7 Å². The summed E-state index contributed by atoms with van der Waals surface area (Å²) in [5.41, 5.74) is 0.328. The minimum atomic E-state index is -5.18. The fourth-order valence-corrected chi connectivity index (χ4v) is 2.64. The van der Waals surface area contributed by atoms with Crippen molar-refractivity contribution in [2.45, 2.75) is 23.6 Å². The van der Waals surface area contributed by atoms with Crippen LogP contribution in [0.3, 0.4) is 0 Å². The van der Waals surface area contributed by atoms with E-state index in [9.17, 15) is 31.7 Å². The number of benzene rings is 1. The molecular formula is C12H13F4NO3S. The van der Waals surface area contributed by atoms with Gasteiger partial charge in [-0.15, -0.1) is 4.36 Å². The molecule has 1 aromatic rings. The van der Waals surface area contributed by atoms with Crippen molar-refractivity contribution in [3.8, 4) is 0 Å². The van der Waals surface area contributed by atoms with Gasteiger partial charge in [-0.3, -0.25) is 9.18 Å². The Morgan fingerprint density at radius 3 is 2.29 bits per heavy atom. The fourth-order valence-electron chi connectivity index (χ4n) is 1.48. The van der Waals surface area contributed by atoms with E-state index in [-0.39, 0.29) is 11.3 Å². The molecule has 0 aliphatic rings. The Balaban J connectivity index is 3.08. The summed E-state index contributed by atoms with van der Waals surface area (Å²) >= 11 is 0. The first kappa shape index (κ1) is 17.6. The summed E-state index contributed by atoms with van der Waals surface area (Å²) in [6.07, 6.45) is -5.47. The molecule has 1 aromatic carbocycles. The molecule has 0 radical (unpaired) electrons. The van der Waals surface area contributed by atoms with Crippen molar-refractivity contribution >= 4 is 15.6 Å². The zero-order valence-electron chi connectivity index (χ0n) is 10.9. The Bertz CT molecular complexity index is 618. The Kier molecular flexibility index (Phi) is 5.46. The highest BCUT2D eigenvalue weighted by Crippen LogP contribution is 2.22. The van der Waals surface area contributed by atoms with E-state index in [0.717, 1.165) is 6.26 Å². The summed E-state index contributed by atoms with van der Waals surface area (Å²) in [5, 5.41) is 9.53. The molecule has 0 fully saturated rings. The van der Waals surface area contributed by atoms with E-state index in [1.807, 2.05) is 0 Å². The highest BCUT2D eigenvalue weighted by molar-refractivity contribution is 7.93. The number of nitrogens with zero attached hydrogens (tertiary/aromatic N) is 1. The van der Waals surface area contributed by atoms with Crippen molar-refractivity contribution in [1.82, 2.24) is 0 Å². The van der Waals surface area contributed by atoms with Crippen molar-refractivity contribution in [1.29, 1.82) is 0 Å². The summed E-state index contributed by atoms with van der Waals surface area (Å²) in [5.74, 6) is -2.42. The van der Waals surface area contributed by atoms with E-state index in [1.165, 1.54) is 24.3 Å². The van der Waals surface area contributed by atoms with Gasteiger partial charge in [0, 0.05) is 17.6 Å². The molecular weight excluding hydrogens is 314 g/mol. The van der Waals surface area contributed by atoms with Crippen LogP contribution in [0, 0.1) is 0 Å². The van der Waals surface area contributed by atoms with Gasteiger partial charge in [-0.05, 0) is 17.7 Å². The molecule has 1 N–H and O–H groups in total. The van der Waals surface area contributed by atoms with Crippen LogP contribution >= 0.6 is 0 Å². The number of carbonyl (C=O) groups is 1. The number of rotatable bonds is 4. The van der Waals surface area contributed by atoms with Gasteiger partial charge in [-0.2, -0.15) is 13.2 Å². The lowest BCUT2D eigenvalue weighted by Crippen LogP contribution is -2.21. The van der Waals surface area contributed by atoms with Crippen LogP contribution in [0.1, 0.15) is 18.1 Å². The Morgan fingerprint density at radius 2 is 1.86 bits per heavy atom. The van der Waals surface area contributed by atoms with Gasteiger partial charge in [-0.25, -0.2) is 4.21 Å². The number of amides is 1. The summed E-state index contributed by atoms with van der Waals surface area (Å²) in [6, 6.07) is 4.97.